The van der Waals surface area contributed by atoms with Crippen LogP contribution in [0.15, 0.2) is 113 Å². The van der Waals surface area contributed by atoms with E-state index in [9.17, 15) is 18.0 Å². The van der Waals surface area contributed by atoms with Crippen LogP contribution in [0.1, 0.15) is 30.5 Å². The third-order valence-corrected chi connectivity index (χ3v) is 10.4. The molecule has 4 rings (SSSR count). The lowest BCUT2D eigenvalue weighted by molar-refractivity contribution is -0.140. The number of amides is 2. The Morgan fingerprint density at radius 1 is 0.870 bits per heavy atom. The molecular weight excluding hydrogens is 638 g/mol. The third-order valence-electron chi connectivity index (χ3n) is 7.50. The van der Waals surface area contributed by atoms with Crippen LogP contribution in [-0.4, -0.2) is 50.5 Å². The largest absolute Gasteiger partial charge is 0.354 e. The molecule has 0 saturated heterocycles. The van der Waals surface area contributed by atoms with Gasteiger partial charge in [-0.1, -0.05) is 91.7 Å². The van der Waals surface area contributed by atoms with E-state index < -0.39 is 28.5 Å². The Labute approximate surface area is 282 Å². The standard InChI is InChI=1S/C36H40ClN3O4S2/c1-26(2)23-38-36(42)34(22-28-10-6-5-7-11-28)39(24-29-12-8-9-13-33(29)37)35(41)25-40(30-16-14-27(3)15-17-30)46(43,44)32-20-18-31(45-4)19-21-32/h5-21,26,34H,22-25H2,1-4H3,(H,38,42). The molecule has 0 aliphatic carbocycles. The number of carbonyl (C=O) groups is 2. The van der Waals surface area contributed by atoms with Crippen LogP contribution in [0, 0.1) is 12.8 Å². The van der Waals surface area contributed by atoms with E-state index in [0.29, 0.717) is 22.8 Å². The Balaban J connectivity index is 1.80. The SMILES string of the molecule is CSc1ccc(S(=O)(=O)N(CC(=O)N(Cc2ccccc2Cl)C(Cc2ccccc2)C(=O)NCC(C)C)c2ccc(C)cc2)cc1. The van der Waals surface area contributed by atoms with E-state index in [1.54, 1.807) is 66.7 Å². The van der Waals surface area contributed by atoms with Crippen LogP contribution in [0.25, 0.3) is 0 Å². The van der Waals surface area contributed by atoms with E-state index in [1.807, 2.05) is 63.4 Å². The van der Waals surface area contributed by atoms with Crippen molar-refractivity contribution in [3.63, 3.8) is 0 Å². The molecule has 0 aromatic heterocycles. The minimum absolute atomic E-state index is 0.00924. The quantitative estimate of drug-likeness (QED) is 0.146. The zero-order chi connectivity index (χ0) is 33.3. The number of hydrogen-bond donors (Lipinski definition) is 1. The highest BCUT2D eigenvalue weighted by atomic mass is 35.5. The molecule has 2 amide bonds. The molecule has 4 aromatic rings. The molecule has 1 unspecified atom stereocenters. The molecule has 0 aliphatic heterocycles. The summed E-state index contributed by atoms with van der Waals surface area (Å²) in [4.78, 5) is 30.9. The first kappa shape index (κ1) is 35.1. The molecule has 0 saturated carbocycles. The second-order valence-electron chi connectivity index (χ2n) is 11.5. The van der Waals surface area contributed by atoms with Crippen molar-refractivity contribution in [2.75, 3.05) is 23.7 Å². The van der Waals surface area contributed by atoms with E-state index in [1.165, 1.54) is 16.7 Å². The number of halogens is 1. The number of thioether (sulfide) groups is 1. The molecule has 242 valence electrons. The lowest BCUT2D eigenvalue weighted by Gasteiger charge is -2.34. The van der Waals surface area contributed by atoms with Gasteiger partial charge in [0.25, 0.3) is 10.0 Å². The molecule has 0 fully saturated rings. The summed E-state index contributed by atoms with van der Waals surface area (Å²) in [6.45, 7) is 5.81. The first-order chi connectivity index (χ1) is 22.0. The summed E-state index contributed by atoms with van der Waals surface area (Å²) >= 11 is 8.07. The molecule has 46 heavy (non-hydrogen) atoms. The first-order valence-corrected chi connectivity index (χ1v) is 18.1. The minimum atomic E-state index is -4.18. The maximum atomic E-state index is 14.6. The zero-order valence-corrected chi connectivity index (χ0v) is 28.9. The van der Waals surface area contributed by atoms with Crippen LogP contribution < -0.4 is 9.62 Å². The van der Waals surface area contributed by atoms with Gasteiger partial charge in [0.05, 0.1) is 10.6 Å². The van der Waals surface area contributed by atoms with E-state index in [0.717, 1.165) is 20.3 Å². The van der Waals surface area contributed by atoms with Gasteiger partial charge in [0.2, 0.25) is 11.8 Å². The Kier molecular flexibility index (Phi) is 12.3. The van der Waals surface area contributed by atoms with E-state index >= 15 is 0 Å². The monoisotopic (exact) mass is 677 g/mol. The van der Waals surface area contributed by atoms with Crippen LogP contribution in [0.3, 0.4) is 0 Å². The lowest BCUT2D eigenvalue weighted by Crippen LogP contribution is -2.53. The summed E-state index contributed by atoms with van der Waals surface area (Å²) in [7, 11) is -4.18. The number of carbonyl (C=O) groups excluding carboxylic acids is 2. The van der Waals surface area contributed by atoms with Crippen molar-refractivity contribution < 1.29 is 18.0 Å². The van der Waals surface area contributed by atoms with Crippen LogP contribution in [0.2, 0.25) is 5.02 Å². The van der Waals surface area contributed by atoms with Crippen molar-refractivity contribution in [3.05, 3.63) is 125 Å². The van der Waals surface area contributed by atoms with Crippen molar-refractivity contribution in [2.24, 2.45) is 5.92 Å². The molecule has 0 bridgehead atoms. The molecule has 0 aliphatic rings. The number of hydrogen-bond acceptors (Lipinski definition) is 5. The first-order valence-electron chi connectivity index (χ1n) is 15.1. The summed E-state index contributed by atoms with van der Waals surface area (Å²) in [5.74, 6) is -0.672. The number of sulfonamides is 1. The topological polar surface area (TPSA) is 86.8 Å². The van der Waals surface area contributed by atoms with Crippen molar-refractivity contribution >= 4 is 50.9 Å². The summed E-state index contributed by atoms with van der Waals surface area (Å²) in [6.07, 6.45) is 2.14. The van der Waals surface area contributed by atoms with Gasteiger partial charge >= 0.3 is 0 Å². The summed E-state index contributed by atoms with van der Waals surface area (Å²) < 4.78 is 29.5. The van der Waals surface area contributed by atoms with Crippen LogP contribution in [-0.2, 0) is 32.6 Å². The zero-order valence-electron chi connectivity index (χ0n) is 26.5. The van der Waals surface area contributed by atoms with Gasteiger partial charge in [0, 0.05) is 29.4 Å². The van der Waals surface area contributed by atoms with Gasteiger partial charge in [0.15, 0.2) is 0 Å². The van der Waals surface area contributed by atoms with Crippen molar-refractivity contribution in [3.8, 4) is 0 Å². The normalized spacial score (nSPS) is 12.0. The highest BCUT2D eigenvalue weighted by Gasteiger charge is 2.35. The number of nitrogens with zero attached hydrogens (tertiary/aromatic N) is 2. The predicted octanol–water partition coefficient (Wildman–Crippen LogP) is 6.98. The van der Waals surface area contributed by atoms with Crippen LogP contribution >= 0.6 is 23.4 Å². The maximum Gasteiger partial charge on any atom is 0.264 e. The van der Waals surface area contributed by atoms with Crippen LogP contribution in [0.4, 0.5) is 5.69 Å². The second-order valence-corrected chi connectivity index (χ2v) is 14.6. The lowest BCUT2D eigenvalue weighted by atomic mass is 10.0. The van der Waals surface area contributed by atoms with Gasteiger partial charge in [-0.05, 0) is 72.7 Å². The number of rotatable bonds is 14. The third kappa shape index (κ3) is 9.15. The fourth-order valence-corrected chi connectivity index (χ4v) is 6.92. The van der Waals surface area contributed by atoms with E-state index in [-0.39, 0.29) is 29.7 Å². The number of benzene rings is 4. The van der Waals surface area contributed by atoms with Gasteiger partial charge < -0.3 is 10.2 Å². The van der Waals surface area contributed by atoms with Gasteiger partial charge in [0.1, 0.15) is 12.6 Å². The fraction of sp³-hybridized carbons (Fsp3) is 0.278. The molecule has 0 heterocycles. The average Bonchev–Trinajstić information content (AvgIpc) is 3.05. The molecule has 0 spiro atoms. The van der Waals surface area contributed by atoms with Crippen molar-refractivity contribution in [1.82, 2.24) is 10.2 Å². The van der Waals surface area contributed by atoms with Crippen molar-refractivity contribution in [1.29, 1.82) is 0 Å². The van der Waals surface area contributed by atoms with Gasteiger partial charge in [-0.2, -0.15) is 0 Å². The summed E-state index contributed by atoms with van der Waals surface area (Å²) in [6, 6.07) is 29.2. The molecule has 7 nitrogen and oxygen atoms in total. The molecular formula is C36H40ClN3O4S2. The number of aryl methyl sites for hydroxylation is 1. The Bertz CT molecular complexity index is 1710. The molecule has 1 N–H and O–H groups in total. The Morgan fingerprint density at radius 2 is 1.50 bits per heavy atom. The number of nitrogens with one attached hydrogen (secondary N) is 1. The molecule has 10 heteroatoms. The smallest absolute Gasteiger partial charge is 0.264 e. The average molecular weight is 678 g/mol. The molecule has 4 aromatic carbocycles. The fourth-order valence-electron chi connectivity index (χ4n) is 4.90. The highest BCUT2D eigenvalue weighted by Crippen LogP contribution is 2.27. The summed E-state index contributed by atoms with van der Waals surface area (Å²) in [5.41, 5.74) is 2.79. The van der Waals surface area contributed by atoms with Crippen LogP contribution in [0.5, 0.6) is 0 Å². The predicted molar refractivity (Wildman–Crippen MR) is 188 cm³/mol. The van der Waals surface area contributed by atoms with Gasteiger partial charge in [-0.15, -0.1) is 11.8 Å². The minimum Gasteiger partial charge on any atom is -0.354 e. The Morgan fingerprint density at radius 3 is 2.11 bits per heavy atom. The Hall–Kier alpha value is -3.79. The number of anilines is 1. The summed E-state index contributed by atoms with van der Waals surface area (Å²) in [5, 5.41) is 3.44. The second kappa shape index (κ2) is 16.2. The van der Waals surface area contributed by atoms with Gasteiger partial charge in [-0.3, -0.25) is 13.9 Å². The maximum absolute atomic E-state index is 14.6. The van der Waals surface area contributed by atoms with Crippen molar-refractivity contribution in [2.45, 2.75) is 49.6 Å². The highest BCUT2D eigenvalue weighted by molar-refractivity contribution is 7.98. The van der Waals surface area contributed by atoms with E-state index in [4.69, 9.17) is 11.6 Å². The van der Waals surface area contributed by atoms with E-state index in [2.05, 4.69) is 5.32 Å². The van der Waals surface area contributed by atoms with Gasteiger partial charge in [-0.25, -0.2) is 8.42 Å². The molecule has 1 atom stereocenters. The molecule has 0 radical (unpaired) electrons.